The van der Waals surface area contributed by atoms with Crippen LogP contribution in [0.2, 0.25) is 0 Å². The van der Waals surface area contributed by atoms with Gasteiger partial charge in [-0.2, -0.15) is 4.98 Å². The Kier molecular flexibility index (Phi) is 1.00. The summed E-state index contributed by atoms with van der Waals surface area (Å²) in [7, 11) is 0. The van der Waals surface area contributed by atoms with Crippen molar-refractivity contribution in [1.82, 2.24) is 15.3 Å². The Morgan fingerprint density at radius 3 is 2.80 bits per heavy atom. The summed E-state index contributed by atoms with van der Waals surface area (Å²) in [4.78, 5) is 3.75. The van der Waals surface area contributed by atoms with Crippen molar-refractivity contribution in [2.45, 2.75) is 0 Å². The smallest absolute Gasteiger partial charge is 0.296 e. The number of hydrogen-bond acceptors (Lipinski definition) is 5. The van der Waals surface area contributed by atoms with E-state index in [1.54, 1.807) is 6.07 Å². The summed E-state index contributed by atoms with van der Waals surface area (Å²) in [5.74, 6) is 0.829. The molecule has 0 unspecified atom stereocenters. The van der Waals surface area contributed by atoms with E-state index in [2.05, 4.69) is 19.8 Å². The van der Waals surface area contributed by atoms with E-state index in [9.17, 15) is 0 Å². The second-order valence-corrected chi connectivity index (χ2v) is 1.62. The first-order valence-corrected chi connectivity index (χ1v) is 2.64. The molecule has 0 amide bonds. The maximum Gasteiger partial charge on any atom is 0.296 e. The minimum absolute atomic E-state index is 0.345. The van der Waals surface area contributed by atoms with Gasteiger partial charge in [-0.25, -0.2) is 0 Å². The predicted octanol–water partition coefficient (Wildman–Crippen LogP) is 0.725. The fourth-order valence-corrected chi connectivity index (χ4v) is 0.608. The van der Waals surface area contributed by atoms with Crippen LogP contribution in [0.15, 0.2) is 27.6 Å². The third-order valence-electron chi connectivity index (χ3n) is 1.01. The molecule has 0 bridgehead atoms. The van der Waals surface area contributed by atoms with Crippen LogP contribution in [0.5, 0.6) is 0 Å². The van der Waals surface area contributed by atoms with Crippen LogP contribution < -0.4 is 0 Å². The van der Waals surface area contributed by atoms with Gasteiger partial charge >= 0.3 is 0 Å². The third kappa shape index (κ3) is 0.680. The Labute approximate surface area is 55.6 Å². The number of hydrogen-bond donors (Lipinski definition) is 0. The molecule has 0 aromatic carbocycles. The van der Waals surface area contributed by atoms with E-state index in [0.717, 1.165) is 0 Å². The molecule has 0 spiro atoms. The Balaban J connectivity index is 2.48. The number of aromatic nitrogens is 3. The van der Waals surface area contributed by atoms with Gasteiger partial charge in [-0.15, -0.1) is 0 Å². The topological polar surface area (TPSA) is 65.0 Å². The van der Waals surface area contributed by atoms with Crippen LogP contribution in [0, 0.1) is 0 Å². The SMILES string of the molecule is c1cc(-c2ncno2)on1. The molecule has 0 N–H and O–H groups in total. The van der Waals surface area contributed by atoms with E-state index in [1.807, 2.05) is 0 Å². The highest BCUT2D eigenvalue weighted by atomic mass is 16.5. The Bertz CT molecular complexity index is 254. The van der Waals surface area contributed by atoms with Crippen molar-refractivity contribution in [2.24, 2.45) is 0 Å². The summed E-state index contributed by atoms with van der Waals surface area (Å²) in [6.45, 7) is 0. The molecule has 0 saturated carbocycles. The normalized spacial score (nSPS) is 10.0. The van der Waals surface area contributed by atoms with E-state index in [1.165, 1.54) is 12.5 Å². The minimum Gasteiger partial charge on any atom is -0.351 e. The lowest BCUT2D eigenvalue weighted by Gasteiger charge is -1.78. The molecular formula is C5H3N3O2. The highest BCUT2D eigenvalue weighted by molar-refractivity contribution is 5.40. The molecular weight excluding hydrogens is 134 g/mol. The quantitative estimate of drug-likeness (QED) is 0.579. The minimum atomic E-state index is 0.345. The van der Waals surface area contributed by atoms with Crippen LogP contribution in [0.4, 0.5) is 0 Å². The van der Waals surface area contributed by atoms with Gasteiger partial charge in [-0.05, 0) is 0 Å². The predicted molar refractivity (Wildman–Crippen MR) is 29.8 cm³/mol. The summed E-state index contributed by atoms with van der Waals surface area (Å²) in [6, 6.07) is 1.65. The van der Waals surface area contributed by atoms with Gasteiger partial charge in [0.25, 0.3) is 5.89 Å². The molecule has 2 aromatic rings. The summed E-state index contributed by atoms with van der Waals surface area (Å²) in [5.41, 5.74) is 0. The van der Waals surface area contributed by atoms with Crippen molar-refractivity contribution in [3.8, 4) is 11.7 Å². The number of rotatable bonds is 1. The molecule has 10 heavy (non-hydrogen) atoms. The lowest BCUT2D eigenvalue weighted by Crippen LogP contribution is -1.68. The molecule has 0 fully saturated rings. The van der Waals surface area contributed by atoms with Crippen LogP contribution in [0.1, 0.15) is 0 Å². The molecule has 2 aromatic heterocycles. The summed E-state index contributed by atoms with van der Waals surface area (Å²) < 4.78 is 9.41. The van der Waals surface area contributed by atoms with Crippen molar-refractivity contribution in [1.29, 1.82) is 0 Å². The second kappa shape index (κ2) is 1.94. The Morgan fingerprint density at radius 2 is 2.20 bits per heavy atom. The first-order valence-electron chi connectivity index (χ1n) is 2.64. The van der Waals surface area contributed by atoms with Crippen molar-refractivity contribution in [3.63, 3.8) is 0 Å². The highest BCUT2D eigenvalue weighted by Crippen LogP contribution is 2.12. The van der Waals surface area contributed by atoms with E-state index in [-0.39, 0.29) is 0 Å². The first kappa shape index (κ1) is 5.16. The summed E-state index contributed by atoms with van der Waals surface area (Å²) >= 11 is 0. The van der Waals surface area contributed by atoms with Crippen LogP contribution in [-0.4, -0.2) is 15.3 Å². The van der Waals surface area contributed by atoms with Crippen LogP contribution >= 0.6 is 0 Å². The maximum atomic E-state index is 4.73. The molecule has 50 valence electrons. The van der Waals surface area contributed by atoms with Gasteiger partial charge in [0.1, 0.15) is 0 Å². The van der Waals surface area contributed by atoms with E-state index >= 15 is 0 Å². The lowest BCUT2D eigenvalue weighted by molar-refractivity contribution is 0.384. The standard InChI is InChI=1S/C5H3N3O2/c1-2-7-9-4(1)5-6-3-8-10-5/h1-3H. The Hall–Kier alpha value is -1.65. The van der Waals surface area contributed by atoms with Crippen molar-refractivity contribution in [3.05, 3.63) is 18.6 Å². The van der Waals surface area contributed by atoms with Crippen LogP contribution in [-0.2, 0) is 0 Å². The van der Waals surface area contributed by atoms with Gasteiger partial charge in [0.15, 0.2) is 6.33 Å². The maximum absolute atomic E-state index is 4.73. The fraction of sp³-hybridized carbons (Fsp3) is 0. The van der Waals surface area contributed by atoms with Crippen molar-refractivity contribution in [2.75, 3.05) is 0 Å². The zero-order chi connectivity index (χ0) is 6.81. The molecule has 0 radical (unpaired) electrons. The second-order valence-electron chi connectivity index (χ2n) is 1.62. The largest absolute Gasteiger partial charge is 0.351 e. The van der Waals surface area contributed by atoms with E-state index < -0.39 is 0 Å². The van der Waals surface area contributed by atoms with Gasteiger partial charge in [-0.1, -0.05) is 10.3 Å². The zero-order valence-electron chi connectivity index (χ0n) is 4.89. The van der Waals surface area contributed by atoms with E-state index in [0.29, 0.717) is 11.7 Å². The van der Waals surface area contributed by atoms with Crippen molar-refractivity contribution < 1.29 is 9.05 Å². The van der Waals surface area contributed by atoms with E-state index in [4.69, 9.17) is 4.52 Å². The summed E-state index contributed by atoms with van der Waals surface area (Å²) in [6.07, 6.45) is 2.82. The molecule has 2 heterocycles. The molecule has 0 saturated heterocycles. The average molecular weight is 137 g/mol. The average Bonchev–Trinajstić information content (AvgIpc) is 2.59. The third-order valence-corrected chi connectivity index (χ3v) is 1.01. The molecule has 0 aliphatic heterocycles. The Morgan fingerprint density at radius 1 is 1.20 bits per heavy atom. The van der Waals surface area contributed by atoms with Gasteiger partial charge < -0.3 is 9.05 Å². The molecule has 0 aliphatic rings. The molecule has 5 heteroatoms. The highest BCUT2D eigenvalue weighted by Gasteiger charge is 2.05. The first-order chi connectivity index (χ1) is 4.97. The van der Waals surface area contributed by atoms with Gasteiger partial charge in [-0.3, -0.25) is 0 Å². The van der Waals surface area contributed by atoms with Gasteiger partial charge in [0.2, 0.25) is 5.76 Å². The van der Waals surface area contributed by atoms with Crippen LogP contribution in [0.3, 0.4) is 0 Å². The number of nitrogens with zero attached hydrogens (tertiary/aromatic N) is 3. The van der Waals surface area contributed by atoms with Gasteiger partial charge in [0.05, 0.1) is 6.20 Å². The lowest BCUT2D eigenvalue weighted by atomic mass is 10.5. The zero-order valence-corrected chi connectivity index (χ0v) is 4.89. The summed E-state index contributed by atoms with van der Waals surface area (Å²) in [5, 5.41) is 6.88. The molecule has 5 nitrogen and oxygen atoms in total. The molecule has 0 atom stereocenters. The molecule has 0 aliphatic carbocycles. The molecule has 2 rings (SSSR count). The van der Waals surface area contributed by atoms with Gasteiger partial charge in [0, 0.05) is 6.07 Å². The fourth-order valence-electron chi connectivity index (χ4n) is 0.608. The monoisotopic (exact) mass is 137 g/mol. The van der Waals surface area contributed by atoms with Crippen molar-refractivity contribution >= 4 is 0 Å². The van der Waals surface area contributed by atoms with Crippen LogP contribution in [0.25, 0.3) is 11.7 Å².